The number of nitrogens with zero attached hydrogens (tertiary/aromatic N) is 2. The molecule has 3 aromatic carbocycles. The lowest BCUT2D eigenvalue weighted by molar-refractivity contribution is -0.116. The van der Waals surface area contributed by atoms with E-state index in [2.05, 4.69) is 65.4 Å². The third kappa shape index (κ3) is 4.23. The SMILES string of the molecule is O=C(CSc1cn(Cc2ccc(Cl)cc2)c2ccccc12)N1CCCc2ccccc21. The number of para-hydroxylation sites is 2. The van der Waals surface area contributed by atoms with Gasteiger partial charge in [-0.05, 0) is 48.2 Å². The number of hydrogen-bond donors (Lipinski definition) is 0. The summed E-state index contributed by atoms with van der Waals surface area (Å²) in [6, 6.07) is 24.6. The van der Waals surface area contributed by atoms with E-state index in [1.165, 1.54) is 22.0 Å². The van der Waals surface area contributed by atoms with Gasteiger partial charge in [-0.15, -0.1) is 11.8 Å². The Hall–Kier alpha value is -2.69. The van der Waals surface area contributed by atoms with Crippen LogP contribution in [0.5, 0.6) is 0 Å². The van der Waals surface area contributed by atoms with Gasteiger partial charge in [0.2, 0.25) is 5.91 Å². The van der Waals surface area contributed by atoms with Crippen LogP contribution in [0.25, 0.3) is 10.9 Å². The van der Waals surface area contributed by atoms with E-state index in [1.807, 2.05) is 23.1 Å². The lowest BCUT2D eigenvalue weighted by atomic mass is 10.0. The zero-order chi connectivity index (χ0) is 21.2. The van der Waals surface area contributed by atoms with E-state index >= 15 is 0 Å². The van der Waals surface area contributed by atoms with Gasteiger partial charge in [0.05, 0.1) is 5.75 Å². The summed E-state index contributed by atoms with van der Waals surface area (Å²) in [5.41, 5.74) is 4.72. The van der Waals surface area contributed by atoms with E-state index in [4.69, 9.17) is 11.6 Å². The van der Waals surface area contributed by atoms with Crippen molar-refractivity contribution < 1.29 is 4.79 Å². The van der Waals surface area contributed by atoms with Gasteiger partial charge < -0.3 is 9.47 Å². The molecule has 1 aliphatic rings. The number of amides is 1. The molecule has 0 aliphatic carbocycles. The number of fused-ring (bicyclic) bond motifs is 2. The molecule has 5 heteroatoms. The zero-order valence-corrected chi connectivity index (χ0v) is 18.7. The molecule has 31 heavy (non-hydrogen) atoms. The molecule has 0 saturated carbocycles. The molecule has 0 saturated heterocycles. The molecular formula is C26H23ClN2OS. The summed E-state index contributed by atoms with van der Waals surface area (Å²) in [7, 11) is 0. The molecule has 3 nitrogen and oxygen atoms in total. The Morgan fingerprint density at radius 3 is 2.61 bits per heavy atom. The second-order valence-corrected chi connectivity index (χ2v) is 9.28. The van der Waals surface area contributed by atoms with Crippen molar-refractivity contribution >= 4 is 45.9 Å². The van der Waals surface area contributed by atoms with E-state index in [0.29, 0.717) is 5.75 Å². The van der Waals surface area contributed by atoms with Crippen LogP contribution in [0, 0.1) is 0 Å². The van der Waals surface area contributed by atoms with Crippen LogP contribution in [0.15, 0.2) is 83.9 Å². The minimum absolute atomic E-state index is 0.173. The molecule has 156 valence electrons. The largest absolute Gasteiger partial charge is 0.342 e. The third-order valence-electron chi connectivity index (χ3n) is 5.78. The first kappa shape index (κ1) is 20.2. The van der Waals surface area contributed by atoms with E-state index in [1.54, 1.807) is 11.8 Å². The van der Waals surface area contributed by atoms with Crippen LogP contribution in [0.3, 0.4) is 0 Å². The number of aromatic nitrogens is 1. The molecule has 1 aliphatic heterocycles. The topological polar surface area (TPSA) is 25.2 Å². The monoisotopic (exact) mass is 446 g/mol. The minimum Gasteiger partial charge on any atom is -0.342 e. The van der Waals surface area contributed by atoms with Crippen molar-refractivity contribution in [2.45, 2.75) is 24.3 Å². The van der Waals surface area contributed by atoms with E-state index in [0.717, 1.165) is 41.5 Å². The maximum Gasteiger partial charge on any atom is 0.237 e. The summed E-state index contributed by atoms with van der Waals surface area (Å²) in [5.74, 6) is 0.607. The number of halogens is 1. The van der Waals surface area contributed by atoms with Crippen LogP contribution >= 0.6 is 23.4 Å². The van der Waals surface area contributed by atoms with Gasteiger partial charge in [0.25, 0.3) is 0 Å². The molecule has 5 rings (SSSR count). The number of thioether (sulfide) groups is 1. The molecule has 0 spiro atoms. The van der Waals surface area contributed by atoms with Gasteiger partial charge in [0, 0.05) is 45.8 Å². The van der Waals surface area contributed by atoms with Crippen molar-refractivity contribution in [1.29, 1.82) is 0 Å². The van der Waals surface area contributed by atoms with E-state index in [-0.39, 0.29) is 5.91 Å². The molecule has 1 aromatic heterocycles. The van der Waals surface area contributed by atoms with E-state index < -0.39 is 0 Å². The summed E-state index contributed by atoms with van der Waals surface area (Å²) in [6.45, 7) is 1.57. The van der Waals surface area contributed by atoms with Crippen molar-refractivity contribution in [2.24, 2.45) is 0 Å². The second-order valence-electron chi connectivity index (χ2n) is 7.83. The van der Waals surface area contributed by atoms with Gasteiger partial charge >= 0.3 is 0 Å². The zero-order valence-electron chi connectivity index (χ0n) is 17.1. The summed E-state index contributed by atoms with van der Waals surface area (Å²) in [5, 5.41) is 1.93. The number of carbonyl (C=O) groups excluding carboxylic acids is 1. The predicted molar refractivity (Wildman–Crippen MR) is 130 cm³/mol. The Labute approximate surface area is 191 Å². The van der Waals surface area contributed by atoms with Crippen LogP contribution in [-0.2, 0) is 17.8 Å². The summed E-state index contributed by atoms with van der Waals surface area (Å²) >= 11 is 7.66. The smallest absolute Gasteiger partial charge is 0.237 e. The molecule has 0 unspecified atom stereocenters. The highest BCUT2D eigenvalue weighted by Crippen LogP contribution is 2.32. The summed E-state index contributed by atoms with van der Waals surface area (Å²) < 4.78 is 2.25. The van der Waals surface area contributed by atoms with Gasteiger partial charge in [-0.1, -0.05) is 60.1 Å². The van der Waals surface area contributed by atoms with E-state index in [9.17, 15) is 4.79 Å². The molecule has 0 fully saturated rings. The quantitative estimate of drug-likeness (QED) is 0.331. The standard InChI is InChI=1S/C26H23ClN2OS/c27-21-13-11-19(12-14-21)16-28-17-25(22-8-2-4-10-24(22)28)31-18-26(30)29-15-5-7-20-6-1-3-9-23(20)29/h1-4,6,8-14,17H,5,7,15-16,18H2. The molecule has 0 radical (unpaired) electrons. The van der Waals surface area contributed by atoms with Crippen molar-refractivity contribution in [3.8, 4) is 0 Å². The van der Waals surface area contributed by atoms with Crippen LogP contribution in [0.1, 0.15) is 17.5 Å². The average Bonchev–Trinajstić information content (AvgIpc) is 3.16. The van der Waals surface area contributed by atoms with Gasteiger partial charge in [0.1, 0.15) is 0 Å². The highest BCUT2D eigenvalue weighted by atomic mass is 35.5. The minimum atomic E-state index is 0.173. The molecule has 4 aromatic rings. The molecule has 0 bridgehead atoms. The van der Waals surface area contributed by atoms with Gasteiger partial charge in [0.15, 0.2) is 0 Å². The number of benzene rings is 3. The van der Waals surface area contributed by atoms with Crippen LogP contribution in [0.4, 0.5) is 5.69 Å². The number of hydrogen-bond acceptors (Lipinski definition) is 2. The molecule has 2 heterocycles. The predicted octanol–water partition coefficient (Wildman–Crippen LogP) is 6.41. The fourth-order valence-electron chi connectivity index (χ4n) is 4.26. The van der Waals surface area contributed by atoms with Crippen LogP contribution in [-0.4, -0.2) is 22.8 Å². The fraction of sp³-hybridized carbons (Fsp3) is 0.192. The number of anilines is 1. The van der Waals surface area contributed by atoms with Crippen LogP contribution < -0.4 is 4.90 Å². The van der Waals surface area contributed by atoms with Gasteiger partial charge in [-0.25, -0.2) is 0 Å². The van der Waals surface area contributed by atoms with Crippen molar-refractivity contribution in [3.05, 3.63) is 95.1 Å². The lowest BCUT2D eigenvalue weighted by Crippen LogP contribution is -2.36. The molecule has 0 N–H and O–H groups in total. The number of carbonyl (C=O) groups is 1. The normalized spacial score (nSPS) is 13.4. The second kappa shape index (κ2) is 8.81. The van der Waals surface area contributed by atoms with Crippen LogP contribution in [0.2, 0.25) is 5.02 Å². The highest BCUT2D eigenvalue weighted by molar-refractivity contribution is 8.00. The van der Waals surface area contributed by atoms with Gasteiger partial charge in [-0.2, -0.15) is 0 Å². The lowest BCUT2D eigenvalue weighted by Gasteiger charge is -2.29. The Balaban J connectivity index is 1.36. The molecule has 1 amide bonds. The first-order valence-electron chi connectivity index (χ1n) is 10.5. The van der Waals surface area contributed by atoms with Crippen molar-refractivity contribution in [2.75, 3.05) is 17.2 Å². The average molecular weight is 447 g/mol. The molecular weight excluding hydrogens is 424 g/mol. The number of rotatable bonds is 5. The Kier molecular flexibility index (Phi) is 5.75. The molecule has 0 atom stereocenters. The Morgan fingerprint density at radius 2 is 1.74 bits per heavy atom. The van der Waals surface area contributed by atoms with Crippen molar-refractivity contribution in [1.82, 2.24) is 4.57 Å². The number of aryl methyl sites for hydroxylation is 1. The maximum absolute atomic E-state index is 13.1. The Morgan fingerprint density at radius 1 is 0.968 bits per heavy atom. The Bertz CT molecular complexity index is 1230. The summed E-state index contributed by atoms with van der Waals surface area (Å²) in [4.78, 5) is 16.2. The summed E-state index contributed by atoms with van der Waals surface area (Å²) in [6.07, 6.45) is 4.24. The van der Waals surface area contributed by atoms with Gasteiger partial charge in [-0.3, -0.25) is 4.79 Å². The van der Waals surface area contributed by atoms with Crippen molar-refractivity contribution in [3.63, 3.8) is 0 Å². The third-order valence-corrected chi connectivity index (χ3v) is 7.06. The highest BCUT2D eigenvalue weighted by Gasteiger charge is 2.22. The first-order valence-corrected chi connectivity index (χ1v) is 11.9. The maximum atomic E-state index is 13.1. The first-order chi connectivity index (χ1) is 15.2. The fourth-order valence-corrected chi connectivity index (χ4v) is 5.35.